The molecule has 0 aromatic heterocycles. The Morgan fingerprint density at radius 3 is 2.43 bits per heavy atom. The molecule has 3 heterocycles. The molecule has 1 atom stereocenters. The predicted octanol–water partition coefficient (Wildman–Crippen LogP) is 3.57. The third-order valence-electron chi connectivity index (χ3n) is 7.62. The molecule has 3 aromatic rings. The fourth-order valence-corrected chi connectivity index (χ4v) is 5.71. The van der Waals surface area contributed by atoms with E-state index in [1.54, 1.807) is 0 Å². The molecule has 188 valence electrons. The lowest BCUT2D eigenvalue weighted by Gasteiger charge is -2.33. The molecular formula is C29H27N3O5. The zero-order chi connectivity index (χ0) is 25.5. The van der Waals surface area contributed by atoms with Crippen LogP contribution in [0.5, 0.6) is 0 Å². The number of amides is 3. The van der Waals surface area contributed by atoms with Gasteiger partial charge in [0.2, 0.25) is 11.8 Å². The van der Waals surface area contributed by atoms with E-state index in [0.29, 0.717) is 43.6 Å². The minimum absolute atomic E-state index is 0.138. The molecule has 3 aliphatic rings. The number of esters is 1. The molecule has 0 radical (unpaired) electrons. The van der Waals surface area contributed by atoms with Gasteiger partial charge >= 0.3 is 5.97 Å². The van der Waals surface area contributed by atoms with E-state index in [0.717, 1.165) is 22.0 Å². The van der Waals surface area contributed by atoms with Crippen LogP contribution in [0, 0.1) is 5.92 Å². The number of carbonyl (C=O) groups is 4. The summed E-state index contributed by atoms with van der Waals surface area (Å²) in [5, 5.41) is 4.14. The van der Waals surface area contributed by atoms with Gasteiger partial charge in [-0.1, -0.05) is 42.5 Å². The van der Waals surface area contributed by atoms with Crippen LogP contribution in [-0.2, 0) is 25.7 Å². The third-order valence-corrected chi connectivity index (χ3v) is 7.62. The maximum Gasteiger partial charge on any atom is 0.309 e. The van der Waals surface area contributed by atoms with Gasteiger partial charge in [0.05, 0.1) is 17.2 Å². The van der Waals surface area contributed by atoms with E-state index < -0.39 is 11.9 Å². The second-order valence-electron chi connectivity index (χ2n) is 9.83. The van der Waals surface area contributed by atoms with E-state index >= 15 is 0 Å². The highest BCUT2D eigenvalue weighted by Crippen LogP contribution is 2.43. The second-order valence-corrected chi connectivity index (χ2v) is 9.83. The summed E-state index contributed by atoms with van der Waals surface area (Å²) in [5.74, 6) is -1.25. The number of anilines is 2. The van der Waals surface area contributed by atoms with Gasteiger partial charge in [0.1, 0.15) is 12.6 Å². The first-order chi connectivity index (χ1) is 18.0. The molecule has 0 bridgehead atoms. The van der Waals surface area contributed by atoms with Crippen LogP contribution in [0.15, 0.2) is 60.7 Å². The van der Waals surface area contributed by atoms with Crippen LogP contribution in [0.4, 0.5) is 11.4 Å². The SMILES string of the molecule is O=C1CCC(N2C(=O)c3ccc(N4CCC(C(=O)OCc5ccccc5)CC4)c4cccc2c34)C(=O)N1. The topological polar surface area (TPSA) is 96.0 Å². The van der Waals surface area contributed by atoms with E-state index in [4.69, 9.17) is 4.74 Å². The van der Waals surface area contributed by atoms with Crippen molar-refractivity contribution in [3.63, 3.8) is 0 Å². The zero-order valence-electron chi connectivity index (χ0n) is 20.3. The van der Waals surface area contributed by atoms with Gasteiger partial charge in [0, 0.05) is 36.0 Å². The van der Waals surface area contributed by atoms with Gasteiger partial charge in [-0.05, 0) is 43.0 Å². The lowest BCUT2D eigenvalue weighted by molar-refractivity contribution is -0.150. The lowest BCUT2D eigenvalue weighted by Crippen LogP contribution is -2.53. The highest BCUT2D eigenvalue weighted by Gasteiger charge is 2.41. The number of nitrogens with zero attached hydrogens (tertiary/aromatic N) is 2. The Hall–Kier alpha value is -4.20. The molecule has 1 N–H and O–H groups in total. The summed E-state index contributed by atoms with van der Waals surface area (Å²) in [6.45, 7) is 1.69. The summed E-state index contributed by atoms with van der Waals surface area (Å²) in [4.78, 5) is 54.0. The van der Waals surface area contributed by atoms with E-state index in [2.05, 4.69) is 10.2 Å². The highest BCUT2D eigenvalue weighted by molar-refractivity contribution is 6.28. The molecule has 0 spiro atoms. The second kappa shape index (κ2) is 9.35. The van der Waals surface area contributed by atoms with Crippen molar-refractivity contribution in [3.8, 4) is 0 Å². The van der Waals surface area contributed by atoms with E-state index in [1.807, 2.05) is 60.7 Å². The summed E-state index contributed by atoms with van der Waals surface area (Å²) in [6, 6.07) is 18.5. The molecule has 1 unspecified atom stereocenters. The molecule has 8 heteroatoms. The average molecular weight is 498 g/mol. The van der Waals surface area contributed by atoms with Crippen LogP contribution in [0.25, 0.3) is 10.8 Å². The van der Waals surface area contributed by atoms with Gasteiger partial charge in [-0.3, -0.25) is 29.4 Å². The molecule has 3 aromatic carbocycles. The van der Waals surface area contributed by atoms with Crippen molar-refractivity contribution in [2.45, 2.75) is 38.3 Å². The van der Waals surface area contributed by atoms with E-state index in [9.17, 15) is 19.2 Å². The normalized spacial score (nSPS) is 19.9. The van der Waals surface area contributed by atoms with Crippen molar-refractivity contribution in [1.82, 2.24) is 5.32 Å². The van der Waals surface area contributed by atoms with Crippen LogP contribution in [0.1, 0.15) is 41.6 Å². The van der Waals surface area contributed by atoms with Gasteiger partial charge in [0.15, 0.2) is 0 Å². The zero-order valence-corrected chi connectivity index (χ0v) is 20.3. The number of carbonyl (C=O) groups excluding carboxylic acids is 4. The van der Waals surface area contributed by atoms with Crippen molar-refractivity contribution in [2.75, 3.05) is 22.9 Å². The Morgan fingerprint density at radius 1 is 0.892 bits per heavy atom. The van der Waals surface area contributed by atoms with E-state index in [-0.39, 0.29) is 36.7 Å². The van der Waals surface area contributed by atoms with Crippen molar-refractivity contribution in [1.29, 1.82) is 0 Å². The van der Waals surface area contributed by atoms with Crippen molar-refractivity contribution < 1.29 is 23.9 Å². The maximum absolute atomic E-state index is 13.4. The lowest BCUT2D eigenvalue weighted by atomic mass is 9.95. The van der Waals surface area contributed by atoms with Crippen molar-refractivity contribution in [2.24, 2.45) is 5.92 Å². The Morgan fingerprint density at radius 2 is 1.68 bits per heavy atom. The number of nitrogens with one attached hydrogen (secondary N) is 1. The number of imide groups is 1. The largest absolute Gasteiger partial charge is 0.461 e. The van der Waals surface area contributed by atoms with Crippen molar-refractivity contribution in [3.05, 3.63) is 71.8 Å². The van der Waals surface area contributed by atoms with Gasteiger partial charge in [0.25, 0.3) is 5.91 Å². The maximum atomic E-state index is 13.4. The number of hydrogen-bond donors (Lipinski definition) is 1. The van der Waals surface area contributed by atoms with Gasteiger partial charge in [-0.2, -0.15) is 0 Å². The smallest absolute Gasteiger partial charge is 0.309 e. The Bertz CT molecular complexity index is 1410. The van der Waals surface area contributed by atoms with Crippen LogP contribution < -0.4 is 15.1 Å². The van der Waals surface area contributed by atoms with E-state index in [1.165, 1.54) is 4.90 Å². The summed E-state index contributed by atoms with van der Waals surface area (Å²) >= 11 is 0. The predicted molar refractivity (Wildman–Crippen MR) is 138 cm³/mol. The minimum atomic E-state index is -0.704. The molecule has 0 saturated carbocycles. The number of piperidine rings is 2. The summed E-state index contributed by atoms with van der Waals surface area (Å²) in [5.41, 5.74) is 3.25. The molecule has 2 saturated heterocycles. The summed E-state index contributed by atoms with van der Waals surface area (Å²) < 4.78 is 5.56. The number of benzene rings is 3. The molecule has 6 rings (SSSR count). The Balaban J connectivity index is 1.20. The van der Waals surface area contributed by atoms with Crippen LogP contribution >= 0.6 is 0 Å². The minimum Gasteiger partial charge on any atom is -0.461 e. The summed E-state index contributed by atoms with van der Waals surface area (Å²) in [7, 11) is 0. The van der Waals surface area contributed by atoms with Gasteiger partial charge in [-0.15, -0.1) is 0 Å². The average Bonchev–Trinajstić information content (AvgIpc) is 3.21. The monoisotopic (exact) mass is 497 g/mol. The van der Waals surface area contributed by atoms with Crippen LogP contribution in [0.3, 0.4) is 0 Å². The molecule has 8 nitrogen and oxygen atoms in total. The fourth-order valence-electron chi connectivity index (χ4n) is 5.71. The Kier molecular flexibility index (Phi) is 5.87. The first-order valence-electron chi connectivity index (χ1n) is 12.7. The quantitative estimate of drug-likeness (QED) is 0.428. The first kappa shape index (κ1) is 23.2. The number of ether oxygens (including phenoxy) is 1. The molecule has 0 aliphatic carbocycles. The Labute approximate surface area is 214 Å². The van der Waals surface area contributed by atoms with Gasteiger partial charge < -0.3 is 9.64 Å². The van der Waals surface area contributed by atoms with Crippen LogP contribution in [-0.4, -0.2) is 42.8 Å². The van der Waals surface area contributed by atoms with Crippen LogP contribution in [0.2, 0.25) is 0 Å². The molecule has 2 fully saturated rings. The number of rotatable bonds is 5. The molecule has 37 heavy (non-hydrogen) atoms. The molecular weight excluding hydrogens is 470 g/mol. The molecule has 3 amide bonds. The summed E-state index contributed by atoms with van der Waals surface area (Å²) in [6.07, 6.45) is 1.90. The standard InChI is InChI=1S/C29H27N3O5/c33-25-12-11-24(27(34)30-25)32-23-8-4-7-20-22(10-9-21(26(20)23)28(32)35)31-15-13-19(14-16-31)29(36)37-17-18-5-2-1-3-6-18/h1-10,19,24H,11-17H2,(H,30,33,34). The fraction of sp³-hybridized carbons (Fsp3) is 0.310. The molecule has 3 aliphatic heterocycles. The number of hydrogen-bond acceptors (Lipinski definition) is 6. The third kappa shape index (κ3) is 4.12. The van der Waals surface area contributed by atoms with Gasteiger partial charge in [-0.25, -0.2) is 0 Å². The first-order valence-corrected chi connectivity index (χ1v) is 12.7. The highest BCUT2D eigenvalue weighted by atomic mass is 16.5. The van der Waals surface area contributed by atoms with Crippen molar-refractivity contribution >= 4 is 45.8 Å².